The average molecular weight is 404 g/mol. The molecule has 0 spiro atoms. The number of anilines is 1. The number of aromatic nitrogens is 1. The topological polar surface area (TPSA) is 36.4 Å². The van der Waals surface area contributed by atoms with Gasteiger partial charge in [0.05, 0.1) is 10.2 Å². The molecule has 1 heterocycles. The second-order valence-electron chi connectivity index (χ2n) is 6.95. The molecule has 1 aromatic heterocycles. The maximum absolute atomic E-state index is 13.2. The van der Waals surface area contributed by atoms with Crippen LogP contribution >= 0.6 is 23.7 Å². The molecule has 0 bridgehead atoms. The van der Waals surface area contributed by atoms with Crippen molar-refractivity contribution in [1.82, 2.24) is 9.88 Å². The van der Waals surface area contributed by atoms with Crippen molar-refractivity contribution in [2.75, 3.05) is 32.1 Å². The fraction of sp³-hybridized carbons (Fsp3) is 0.333. The van der Waals surface area contributed by atoms with Gasteiger partial charge in [-0.05, 0) is 70.7 Å². The third kappa shape index (κ3) is 5.28. The van der Waals surface area contributed by atoms with E-state index in [0.717, 1.165) is 33.9 Å². The number of halogens is 1. The van der Waals surface area contributed by atoms with E-state index in [1.165, 1.54) is 5.56 Å². The maximum Gasteiger partial charge on any atom is 0.260 e. The second-order valence-corrected chi connectivity index (χ2v) is 7.96. The number of benzene rings is 2. The van der Waals surface area contributed by atoms with E-state index in [1.807, 2.05) is 56.3 Å². The lowest BCUT2D eigenvalue weighted by Gasteiger charge is -2.21. The van der Waals surface area contributed by atoms with E-state index in [1.54, 1.807) is 11.3 Å². The summed E-state index contributed by atoms with van der Waals surface area (Å²) in [6.45, 7) is 5.69. The van der Waals surface area contributed by atoms with Crippen LogP contribution < -0.4 is 4.90 Å². The van der Waals surface area contributed by atoms with Crippen molar-refractivity contribution in [2.45, 2.75) is 20.3 Å². The predicted octanol–water partition coefficient (Wildman–Crippen LogP) is 4.93. The zero-order valence-electron chi connectivity index (χ0n) is 16.2. The molecule has 0 unspecified atom stereocenters. The first-order valence-electron chi connectivity index (χ1n) is 8.84. The zero-order chi connectivity index (χ0) is 18.7. The van der Waals surface area contributed by atoms with Crippen molar-refractivity contribution in [3.05, 3.63) is 59.2 Å². The molecule has 4 nitrogen and oxygen atoms in total. The van der Waals surface area contributed by atoms with Gasteiger partial charge in [0, 0.05) is 12.1 Å². The van der Waals surface area contributed by atoms with Gasteiger partial charge in [0.15, 0.2) is 5.13 Å². The largest absolute Gasteiger partial charge is 0.309 e. The molecule has 0 fully saturated rings. The molecular formula is C21H26ClN3OS. The Hall–Kier alpha value is -1.95. The molecule has 27 heavy (non-hydrogen) atoms. The van der Waals surface area contributed by atoms with Crippen LogP contribution in [0.2, 0.25) is 0 Å². The van der Waals surface area contributed by atoms with E-state index in [2.05, 4.69) is 24.0 Å². The molecule has 0 saturated heterocycles. The monoisotopic (exact) mass is 403 g/mol. The Labute approximate surface area is 171 Å². The summed E-state index contributed by atoms with van der Waals surface area (Å²) in [7, 11) is 4.10. The zero-order valence-corrected chi connectivity index (χ0v) is 17.9. The lowest BCUT2D eigenvalue weighted by atomic mass is 10.1. The summed E-state index contributed by atoms with van der Waals surface area (Å²) < 4.78 is 1.12. The number of nitrogens with zero attached hydrogens (tertiary/aromatic N) is 3. The number of amides is 1. The number of hydrogen-bond donors (Lipinski definition) is 0. The smallest absolute Gasteiger partial charge is 0.260 e. The molecule has 0 aliphatic carbocycles. The summed E-state index contributed by atoms with van der Waals surface area (Å²) in [5, 5.41) is 0.773. The minimum Gasteiger partial charge on any atom is -0.309 e. The van der Waals surface area contributed by atoms with Crippen LogP contribution in [0.3, 0.4) is 0 Å². The van der Waals surface area contributed by atoms with E-state index in [4.69, 9.17) is 4.98 Å². The standard InChI is InChI=1S/C21H25N3OS.ClH/c1-15-6-9-17(10-7-15)20(25)24(13-5-12-23(3)4)21-22-18-11-8-16(2)14-19(18)26-21;/h6-11,14H,5,12-13H2,1-4H3;1H. The predicted molar refractivity (Wildman–Crippen MR) is 118 cm³/mol. The molecule has 6 heteroatoms. The van der Waals surface area contributed by atoms with Crippen LogP contribution in [0.25, 0.3) is 10.2 Å². The molecule has 0 atom stereocenters. The van der Waals surface area contributed by atoms with Crippen molar-refractivity contribution in [1.29, 1.82) is 0 Å². The van der Waals surface area contributed by atoms with Gasteiger partial charge in [0.2, 0.25) is 0 Å². The molecule has 144 valence electrons. The summed E-state index contributed by atoms with van der Waals surface area (Å²) in [5.74, 6) is 0.0135. The Morgan fingerprint density at radius 2 is 1.67 bits per heavy atom. The van der Waals surface area contributed by atoms with Crippen LogP contribution in [0.15, 0.2) is 42.5 Å². The van der Waals surface area contributed by atoms with Crippen LogP contribution in [0, 0.1) is 13.8 Å². The number of carbonyl (C=O) groups is 1. The quantitative estimate of drug-likeness (QED) is 0.585. The van der Waals surface area contributed by atoms with Crippen molar-refractivity contribution in [3.63, 3.8) is 0 Å². The summed E-state index contributed by atoms with van der Waals surface area (Å²) in [4.78, 5) is 21.8. The average Bonchev–Trinajstić information content (AvgIpc) is 3.01. The van der Waals surface area contributed by atoms with Crippen LogP contribution in [-0.4, -0.2) is 43.0 Å². The Kier molecular flexibility index (Phi) is 7.36. The highest BCUT2D eigenvalue weighted by atomic mass is 35.5. The second kappa shape index (κ2) is 9.31. The van der Waals surface area contributed by atoms with E-state index in [0.29, 0.717) is 12.1 Å². The first-order valence-corrected chi connectivity index (χ1v) is 9.66. The number of rotatable bonds is 6. The molecule has 2 aromatic carbocycles. The minimum atomic E-state index is 0. The van der Waals surface area contributed by atoms with Crippen LogP contribution in [-0.2, 0) is 0 Å². The SMILES string of the molecule is Cc1ccc(C(=O)N(CCCN(C)C)c2nc3ccc(C)cc3s2)cc1.Cl. The fourth-order valence-corrected chi connectivity index (χ4v) is 3.90. The number of fused-ring (bicyclic) bond motifs is 1. The molecule has 3 aromatic rings. The highest BCUT2D eigenvalue weighted by molar-refractivity contribution is 7.22. The van der Waals surface area contributed by atoms with Gasteiger partial charge in [0.1, 0.15) is 0 Å². The molecule has 0 aliphatic rings. The van der Waals surface area contributed by atoms with E-state index >= 15 is 0 Å². The van der Waals surface area contributed by atoms with Crippen LogP contribution in [0.1, 0.15) is 27.9 Å². The summed E-state index contributed by atoms with van der Waals surface area (Å²) in [5.41, 5.74) is 4.01. The van der Waals surface area contributed by atoms with Crippen LogP contribution in [0.5, 0.6) is 0 Å². The van der Waals surface area contributed by atoms with Gasteiger partial charge in [-0.25, -0.2) is 4.98 Å². The number of hydrogen-bond acceptors (Lipinski definition) is 4. The maximum atomic E-state index is 13.2. The van der Waals surface area contributed by atoms with E-state index in [9.17, 15) is 4.79 Å². The van der Waals surface area contributed by atoms with Crippen molar-refractivity contribution in [3.8, 4) is 0 Å². The summed E-state index contributed by atoms with van der Waals surface area (Å²) in [6, 6.07) is 14.0. The summed E-state index contributed by atoms with van der Waals surface area (Å²) in [6.07, 6.45) is 0.902. The van der Waals surface area contributed by atoms with Crippen molar-refractivity contribution < 1.29 is 4.79 Å². The first-order chi connectivity index (χ1) is 12.4. The van der Waals surface area contributed by atoms with Gasteiger partial charge >= 0.3 is 0 Å². The van der Waals surface area contributed by atoms with Gasteiger partial charge in [-0.15, -0.1) is 12.4 Å². The summed E-state index contributed by atoms with van der Waals surface area (Å²) >= 11 is 1.58. The number of carbonyl (C=O) groups excluding carboxylic acids is 1. The minimum absolute atomic E-state index is 0. The van der Waals surface area contributed by atoms with E-state index < -0.39 is 0 Å². The molecule has 0 saturated carbocycles. The molecule has 0 aliphatic heterocycles. The third-order valence-electron chi connectivity index (χ3n) is 4.29. The van der Waals surface area contributed by atoms with Crippen molar-refractivity contribution in [2.24, 2.45) is 0 Å². The fourth-order valence-electron chi connectivity index (χ4n) is 2.82. The Bertz CT molecular complexity index is 905. The third-order valence-corrected chi connectivity index (χ3v) is 5.34. The Balaban J connectivity index is 0.00000261. The van der Waals surface area contributed by atoms with E-state index in [-0.39, 0.29) is 18.3 Å². The number of thiazole rings is 1. The first kappa shape index (κ1) is 21.4. The molecule has 3 rings (SSSR count). The van der Waals surface area contributed by atoms with Gasteiger partial charge < -0.3 is 4.90 Å². The van der Waals surface area contributed by atoms with Gasteiger partial charge in [0.25, 0.3) is 5.91 Å². The molecule has 1 amide bonds. The van der Waals surface area contributed by atoms with Gasteiger partial charge in [-0.1, -0.05) is 35.1 Å². The molecule has 0 radical (unpaired) electrons. The highest BCUT2D eigenvalue weighted by Gasteiger charge is 2.21. The Morgan fingerprint density at radius 1 is 1.00 bits per heavy atom. The van der Waals surface area contributed by atoms with Crippen LogP contribution in [0.4, 0.5) is 5.13 Å². The highest BCUT2D eigenvalue weighted by Crippen LogP contribution is 2.30. The Morgan fingerprint density at radius 3 is 2.33 bits per heavy atom. The number of aryl methyl sites for hydroxylation is 2. The van der Waals surface area contributed by atoms with Crippen molar-refractivity contribution >= 4 is 45.0 Å². The lowest BCUT2D eigenvalue weighted by molar-refractivity contribution is 0.0986. The lowest BCUT2D eigenvalue weighted by Crippen LogP contribution is -2.33. The van der Waals surface area contributed by atoms with Gasteiger partial charge in [-0.2, -0.15) is 0 Å². The molecular weight excluding hydrogens is 378 g/mol. The van der Waals surface area contributed by atoms with Gasteiger partial charge in [-0.3, -0.25) is 9.69 Å². The molecule has 0 N–H and O–H groups in total. The normalized spacial score (nSPS) is 10.9.